The molecule has 1 fully saturated rings. The molecule has 0 saturated carbocycles. The first-order chi connectivity index (χ1) is 8.87. The number of nitrogen functional groups attached to an aromatic ring is 1. The van der Waals surface area contributed by atoms with E-state index in [-0.39, 0.29) is 29.6 Å². The minimum absolute atomic E-state index is 0.0623. The van der Waals surface area contributed by atoms with Gasteiger partial charge in [0.1, 0.15) is 12.4 Å². The van der Waals surface area contributed by atoms with Crippen LogP contribution in [0.1, 0.15) is 37.0 Å². The summed E-state index contributed by atoms with van der Waals surface area (Å²) in [5.74, 6) is -1.06. The number of carbonyl (C=O) groups is 1. The molecule has 104 valence electrons. The predicted molar refractivity (Wildman–Crippen MR) is 69.3 cm³/mol. The van der Waals surface area contributed by atoms with Crippen LogP contribution >= 0.6 is 0 Å². The number of benzene rings is 1. The van der Waals surface area contributed by atoms with Crippen LogP contribution in [0, 0.1) is 5.82 Å². The summed E-state index contributed by atoms with van der Waals surface area (Å²) >= 11 is 0. The summed E-state index contributed by atoms with van der Waals surface area (Å²) in [5, 5.41) is 0. The minimum Gasteiger partial charge on any atom is -0.459 e. The number of hydrogen-bond acceptors (Lipinski definition) is 4. The first-order valence-electron chi connectivity index (χ1n) is 6.27. The van der Waals surface area contributed by atoms with E-state index in [1.54, 1.807) is 0 Å². The van der Waals surface area contributed by atoms with Crippen LogP contribution < -0.4 is 5.73 Å². The molecule has 1 aromatic rings. The van der Waals surface area contributed by atoms with Crippen LogP contribution in [0.4, 0.5) is 10.1 Å². The van der Waals surface area contributed by atoms with Gasteiger partial charge in [0.05, 0.1) is 23.0 Å². The molecule has 1 aliphatic heterocycles. The van der Waals surface area contributed by atoms with Crippen LogP contribution in [0.15, 0.2) is 18.2 Å². The maximum Gasteiger partial charge on any atom is 0.338 e. The standard InChI is InChI=1S/C14H18FNO3/c1-14(2)6-5-10(19-14)8-18-13(17)9-3-4-11(15)12(16)7-9/h3-4,7,10H,5-6,8,16H2,1-2H3. The summed E-state index contributed by atoms with van der Waals surface area (Å²) in [6.07, 6.45) is 1.74. The summed E-state index contributed by atoms with van der Waals surface area (Å²) in [6.45, 7) is 4.23. The van der Waals surface area contributed by atoms with Gasteiger partial charge in [0.15, 0.2) is 0 Å². The van der Waals surface area contributed by atoms with E-state index in [9.17, 15) is 9.18 Å². The Bertz CT molecular complexity index is 488. The third-order valence-electron chi connectivity index (χ3n) is 3.19. The normalized spacial score (nSPS) is 21.3. The van der Waals surface area contributed by atoms with E-state index in [4.69, 9.17) is 15.2 Å². The van der Waals surface area contributed by atoms with Gasteiger partial charge in [-0.1, -0.05) is 0 Å². The van der Waals surface area contributed by atoms with E-state index < -0.39 is 11.8 Å². The Morgan fingerprint density at radius 3 is 2.89 bits per heavy atom. The Labute approximate surface area is 111 Å². The fourth-order valence-electron chi connectivity index (χ4n) is 2.12. The highest BCUT2D eigenvalue weighted by molar-refractivity contribution is 5.90. The van der Waals surface area contributed by atoms with Gasteiger partial charge in [0.25, 0.3) is 0 Å². The maximum atomic E-state index is 13.0. The molecule has 1 aliphatic rings. The van der Waals surface area contributed by atoms with Gasteiger partial charge in [0, 0.05) is 0 Å². The van der Waals surface area contributed by atoms with Gasteiger partial charge in [-0.25, -0.2) is 9.18 Å². The summed E-state index contributed by atoms with van der Waals surface area (Å²) in [6, 6.07) is 3.78. The Morgan fingerprint density at radius 2 is 2.32 bits per heavy atom. The van der Waals surface area contributed by atoms with Crippen molar-refractivity contribution < 1.29 is 18.7 Å². The van der Waals surface area contributed by atoms with Crippen LogP contribution in [-0.2, 0) is 9.47 Å². The lowest BCUT2D eigenvalue weighted by Gasteiger charge is -2.19. The molecule has 2 N–H and O–H groups in total. The van der Waals surface area contributed by atoms with Crippen molar-refractivity contribution in [3.05, 3.63) is 29.6 Å². The lowest BCUT2D eigenvalue weighted by atomic mass is 10.1. The van der Waals surface area contributed by atoms with Gasteiger partial charge >= 0.3 is 5.97 Å². The van der Waals surface area contributed by atoms with Crippen LogP contribution in [-0.4, -0.2) is 24.3 Å². The summed E-state index contributed by atoms with van der Waals surface area (Å²) in [5.41, 5.74) is 5.43. The molecule has 1 atom stereocenters. The molecule has 0 radical (unpaired) electrons. The van der Waals surface area contributed by atoms with E-state index in [0.717, 1.165) is 18.9 Å². The highest BCUT2D eigenvalue weighted by Crippen LogP contribution is 2.29. The number of nitrogens with two attached hydrogens (primary N) is 1. The van der Waals surface area contributed by atoms with E-state index in [1.165, 1.54) is 12.1 Å². The second-order valence-corrected chi connectivity index (χ2v) is 5.37. The average Bonchev–Trinajstić information content (AvgIpc) is 2.69. The number of rotatable bonds is 3. The van der Waals surface area contributed by atoms with Crippen LogP contribution in [0.3, 0.4) is 0 Å². The minimum atomic E-state index is -0.544. The van der Waals surface area contributed by atoms with Gasteiger partial charge in [-0.05, 0) is 44.9 Å². The molecule has 0 amide bonds. The van der Waals surface area contributed by atoms with E-state index in [0.29, 0.717) is 0 Å². The summed E-state index contributed by atoms with van der Waals surface area (Å²) < 4.78 is 23.9. The molecule has 4 nitrogen and oxygen atoms in total. The lowest BCUT2D eigenvalue weighted by Crippen LogP contribution is -2.24. The van der Waals surface area contributed by atoms with E-state index in [1.807, 2.05) is 13.8 Å². The van der Waals surface area contributed by atoms with Crippen LogP contribution in [0.25, 0.3) is 0 Å². The van der Waals surface area contributed by atoms with Crippen LogP contribution in [0.5, 0.6) is 0 Å². The van der Waals surface area contributed by atoms with Gasteiger partial charge in [0.2, 0.25) is 0 Å². The van der Waals surface area contributed by atoms with Crippen molar-refractivity contribution in [1.29, 1.82) is 0 Å². The molecule has 5 heteroatoms. The summed E-state index contributed by atoms with van der Waals surface area (Å²) in [4.78, 5) is 11.8. The highest BCUT2D eigenvalue weighted by atomic mass is 19.1. The SMILES string of the molecule is CC1(C)CCC(COC(=O)c2ccc(F)c(N)c2)O1. The van der Waals surface area contributed by atoms with E-state index >= 15 is 0 Å². The molecular weight excluding hydrogens is 249 g/mol. The number of esters is 1. The fraction of sp³-hybridized carbons (Fsp3) is 0.500. The third-order valence-corrected chi connectivity index (χ3v) is 3.19. The first kappa shape index (κ1) is 13.8. The second-order valence-electron chi connectivity index (χ2n) is 5.37. The highest BCUT2D eigenvalue weighted by Gasteiger charge is 2.32. The molecule has 2 rings (SSSR count). The molecule has 0 bridgehead atoms. The van der Waals surface area contributed by atoms with Crippen molar-refractivity contribution in [2.24, 2.45) is 0 Å². The topological polar surface area (TPSA) is 61.5 Å². The zero-order valence-electron chi connectivity index (χ0n) is 11.1. The van der Waals surface area contributed by atoms with Crippen LogP contribution in [0.2, 0.25) is 0 Å². The molecule has 1 aromatic carbocycles. The molecular formula is C14H18FNO3. The predicted octanol–water partition coefficient (Wildman–Crippen LogP) is 2.52. The average molecular weight is 267 g/mol. The van der Waals surface area contributed by atoms with Crippen molar-refractivity contribution >= 4 is 11.7 Å². The molecule has 1 saturated heterocycles. The van der Waals surface area contributed by atoms with Gasteiger partial charge < -0.3 is 15.2 Å². The van der Waals surface area contributed by atoms with Gasteiger partial charge in [-0.2, -0.15) is 0 Å². The van der Waals surface area contributed by atoms with Gasteiger partial charge in [-0.3, -0.25) is 0 Å². The second kappa shape index (κ2) is 5.17. The Morgan fingerprint density at radius 1 is 1.58 bits per heavy atom. The molecule has 0 spiro atoms. The molecule has 19 heavy (non-hydrogen) atoms. The summed E-state index contributed by atoms with van der Waals surface area (Å²) in [7, 11) is 0. The quantitative estimate of drug-likeness (QED) is 0.675. The smallest absolute Gasteiger partial charge is 0.338 e. The monoisotopic (exact) mass is 267 g/mol. The molecule has 1 unspecified atom stereocenters. The number of anilines is 1. The van der Waals surface area contributed by atoms with Crippen molar-refractivity contribution in [2.75, 3.05) is 12.3 Å². The van der Waals surface area contributed by atoms with Gasteiger partial charge in [-0.15, -0.1) is 0 Å². The zero-order chi connectivity index (χ0) is 14.0. The molecule has 0 aliphatic carbocycles. The number of ether oxygens (including phenoxy) is 2. The Balaban J connectivity index is 1.89. The molecule has 0 aromatic heterocycles. The maximum absolute atomic E-state index is 13.0. The number of hydrogen-bond donors (Lipinski definition) is 1. The number of carbonyl (C=O) groups excluding carboxylic acids is 1. The largest absolute Gasteiger partial charge is 0.459 e. The van der Waals surface area contributed by atoms with Crippen molar-refractivity contribution in [2.45, 2.75) is 38.4 Å². The number of halogens is 1. The zero-order valence-corrected chi connectivity index (χ0v) is 11.1. The van der Waals surface area contributed by atoms with Crippen molar-refractivity contribution in [3.63, 3.8) is 0 Å². The molecule has 1 heterocycles. The van der Waals surface area contributed by atoms with Crippen molar-refractivity contribution in [1.82, 2.24) is 0 Å². The van der Waals surface area contributed by atoms with Crippen molar-refractivity contribution in [3.8, 4) is 0 Å². The Kier molecular flexibility index (Phi) is 3.75. The first-order valence-corrected chi connectivity index (χ1v) is 6.27. The fourth-order valence-corrected chi connectivity index (χ4v) is 2.12. The van der Waals surface area contributed by atoms with E-state index in [2.05, 4.69) is 0 Å². The Hall–Kier alpha value is -1.62. The lowest BCUT2D eigenvalue weighted by molar-refractivity contribution is -0.0444. The third kappa shape index (κ3) is 3.44.